The van der Waals surface area contributed by atoms with Gasteiger partial charge in [0, 0.05) is 98.8 Å². The van der Waals surface area contributed by atoms with Gasteiger partial charge >= 0.3 is 11.9 Å². The molecule has 18 atom stereocenters. The molecule has 18 nitrogen and oxygen atoms in total. The Kier molecular flexibility index (Phi) is 21.1. The number of thioether (sulfide) groups is 1. The number of hydrogen-bond acceptors (Lipinski definition) is 18. The quantitative estimate of drug-likeness (QED) is 0.148. The first-order chi connectivity index (χ1) is 37.4. The van der Waals surface area contributed by atoms with Crippen LogP contribution < -0.4 is 14.4 Å². The molecule has 19 heteroatoms. The van der Waals surface area contributed by atoms with Crippen LogP contribution in [-0.2, 0) is 52.3 Å². The summed E-state index contributed by atoms with van der Waals surface area (Å²) in [6, 6.07) is 8.91. The third-order valence-corrected chi connectivity index (χ3v) is 19.3. The zero-order valence-corrected chi connectivity index (χ0v) is 50.3. The number of amides is 1. The number of esters is 2. The molecule has 1 amide bonds. The molecule has 79 heavy (non-hydrogen) atoms. The molecule has 2 aromatic rings. The topological polar surface area (TPSA) is 200 Å². The second kappa shape index (κ2) is 26.5. The molecule has 1 aromatic heterocycles. The lowest BCUT2D eigenvalue weighted by atomic mass is 9.70. The van der Waals surface area contributed by atoms with Crippen molar-refractivity contribution >= 4 is 41.1 Å². The van der Waals surface area contributed by atoms with E-state index in [1.54, 1.807) is 77.4 Å². The summed E-state index contributed by atoms with van der Waals surface area (Å²) in [5.41, 5.74) is -2.70. The van der Waals surface area contributed by atoms with Gasteiger partial charge in [0.2, 0.25) is 0 Å². The van der Waals surface area contributed by atoms with Crippen LogP contribution in [0.15, 0.2) is 42.7 Å². The number of nitrogens with zero attached hydrogens (tertiary/aromatic N) is 3. The van der Waals surface area contributed by atoms with Gasteiger partial charge in [-0.25, -0.2) is 0 Å². The Hall–Kier alpha value is -3.92. The van der Waals surface area contributed by atoms with E-state index in [1.807, 2.05) is 67.8 Å². The van der Waals surface area contributed by atoms with E-state index in [-0.39, 0.29) is 61.5 Å². The fraction of sp³-hybridized carbons (Fsp3) is 0.750. The van der Waals surface area contributed by atoms with Crippen LogP contribution in [-0.4, -0.2) is 170 Å². The molecule has 5 fully saturated rings. The fourth-order valence-corrected chi connectivity index (χ4v) is 14.7. The number of anilines is 1. The van der Waals surface area contributed by atoms with Crippen molar-refractivity contribution in [3.05, 3.63) is 48.3 Å². The maximum absolute atomic E-state index is 15.4. The number of fused-ring (bicyclic) bond motifs is 1. The second-order valence-electron chi connectivity index (χ2n) is 23.8. The van der Waals surface area contributed by atoms with Crippen molar-refractivity contribution in [3.63, 3.8) is 0 Å². The predicted molar refractivity (Wildman–Crippen MR) is 299 cm³/mol. The minimum absolute atomic E-state index is 0.0322. The second-order valence-corrected chi connectivity index (χ2v) is 25.1. The number of ketones is 1. The molecular weight excluding hydrogens is 1030 g/mol. The maximum atomic E-state index is 15.4. The van der Waals surface area contributed by atoms with Crippen LogP contribution in [0.4, 0.5) is 5.69 Å². The van der Waals surface area contributed by atoms with Crippen LogP contribution in [0.5, 0.6) is 11.5 Å². The standard InChI is InChI=1S/C60H91N3O15S/c1-16-46-60(10)49(52(57(68)78-60)79-28-27-63(55(66)40-23-25-61-26-24-40)41-21-22-44(69-13)45(30-41)74-43-19-17-18-20-43)36(4)50(64)34(2)32-59(9,71-15)54(77-47-31-42(62(11)12)29-35(3)72-47)37(5)51(38(6)56(67)75-46)76-48-33-58(8,70-14)53(65)39(7)73-48/h21-26,30,34-39,42-43,46-49,51-54,65H,16-20,27-29,31-33H2,1-15H3/t34-,35-,36-,37+,38-,39+,42?,46-,47?,48?,49+,51+,52+,53+,54-,58-,59-,60-/m1/s1. The first-order valence-electron chi connectivity index (χ1n) is 28.6. The molecule has 1 saturated carbocycles. The summed E-state index contributed by atoms with van der Waals surface area (Å²) < 4.78 is 64.8. The number of cyclic esters (lactones) is 1. The lowest BCUT2D eigenvalue weighted by Gasteiger charge is -2.49. The zero-order valence-electron chi connectivity index (χ0n) is 49.5. The predicted octanol–water partition coefficient (Wildman–Crippen LogP) is 8.46. The highest BCUT2D eigenvalue weighted by Gasteiger charge is 2.62. The third kappa shape index (κ3) is 13.8. The van der Waals surface area contributed by atoms with Crippen molar-refractivity contribution < 1.29 is 71.7 Å². The lowest BCUT2D eigenvalue weighted by Crippen LogP contribution is -2.59. The van der Waals surface area contributed by atoms with Crippen molar-refractivity contribution in [2.24, 2.45) is 29.6 Å². The highest BCUT2D eigenvalue weighted by atomic mass is 32.2. The molecule has 442 valence electrons. The molecule has 1 aromatic carbocycles. The number of methoxy groups -OCH3 is 3. The molecule has 4 aliphatic heterocycles. The van der Waals surface area contributed by atoms with Crippen LogP contribution in [0.3, 0.4) is 0 Å². The van der Waals surface area contributed by atoms with Gasteiger partial charge in [-0.05, 0) is 125 Å². The minimum atomic E-state index is -1.47. The molecule has 1 aliphatic carbocycles. The summed E-state index contributed by atoms with van der Waals surface area (Å²) in [5, 5.41) is 10.3. The van der Waals surface area contributed by atoms with Crippen LogP contribution >= 0.6 is 11.8 Å². The fourth-order valence-electron chi connectivity index (χ4n) is 13.2. The number of aliphatic hydroxyl groups is 1. The molecule has 0 radical (unpaired) electrons. The number of carbonyl (C=O) groups is 4. The summed E-state index contributed by atoms with van der Waals surface area (Å²) in [7, 11) is 8.80. The summed E-state index contributed by atoms with van der Waals surface area (Å²) >= 11 is 1.31. The van der Waals surface area contributed by atoms with E-state index in [2.05, 4.69) is 9.88 Å². The maximum Gasteiger partial charge on any atom is 0.320 e. The molecule has 0 spiro atoms. The van der Waals surface area contributed by atoms with Crippen molar-refractivity contribution in [3.8, 4) is 11.5 Å². The van der Waals surface area contributed by atoms with Gasteiger partial charge in [0.05, 0.1) is 54.7 Å². The Labute approximate surface area is 473 Å². The zero-order chi connectivity index (χ0) is 57.7. The molecular formula is C60H91N3O15S. The van der Waals surface area contributed by atoms with Crippen molar-refractivity contribution in [1.29, 1.82) is 0 Å². The Balaban J connectivity index is 1.25. The normalized spacial score (nSPS) is 37.9. The van der Waals surface area contributed by atoms with Crippen LogP contribution in [0, 0.1) is 29.6 Å². The van der Waals surface area contributed by atoms with E-state index in [4.69, 9.17) is 47.4 Å². The van der Waals surface area contributed by atoms with E-state index >= 15 is 9.59 Å². The van der Waals surface area contributed by atoms with Crippen molar-refractivity contribution in [1.82, 2.24) is 9.88 Å². The summed E-state index contributed by atoms with van der Waals surface area (Å²) in [6.45, 7) is 18.7. The van der Waals surface area contributed by atoms with Gasteiger partial charge in [0.1, 0.15) is 23.2 Å². The smallest absolute Gasteiger partial charge is 0.320 e. The van der Waals surface area contributed by atoms with Crippen molar-refractivity contribution in [2.75, 3.05) is 52.6 Å². The number of aliphatic hydroxyl groups excluding tert-OH is 1. The van der Waals surface area contributed by atoms with Gasteiger partial charge in [0.15, 0.2) is 29.7 Å². The highest BCUT2D eigenvalue weighted by Crippen LogP contribution is 2.50. The Bertz CT molecular complexity index is 2380. The van der Waals surface area contributed by atoms with Gasteiger partial charge in [0.25, 0.3) is 5.91 Å². The largest absolute Gasteiger partial charge is 0.493 e. The number of hydrogen-bond donors (Lipinski definition) is 1. The highest BCUT2D eigenvalue weighted by molar-refractivity contribution is 8.00. The number of carbonyl (C=O) groups excluding carboxylic acids is 4. The summed E-state index contributed by atoms with van der Waals surface area (Å²) in [5.74, 6) is -4.09. The van der Waals surface area contributed by atoms with Gasteiger partial charge in [-0.15, -0.1) is 11.8 Å². The molecule has 5 heterocycles. The summed E-state index contributed by atoms with van der Waals surface area (Å²) in [4.78, 5) is 67.8. The summed E-state index contributed by atoms with van der Waals surface area (Å²) in [6.07, 6.45) is 2.91. The van der Waals surface area contributed by atoms with Crippen LogP contribution in [0.1, 0.15) is 137 Å². The molecule has 0 bridgehead atoms. The average molecular weight is 1130 g/mol. The Morgan fingerprint density at radius 1 is 0.835 bits per heavy atom. The SMILES string of the molecule is CC[C@H]1OC(=O)[C@H](C)[C@@H](OC2C[C@@](C)(OC)[C@@H](O)[C@H](C)O2)[C@H](C)[C@@H](OC2CC(N(C)C)C[C@@H](C)O2)[C@](C)(OC)C[C@@H](C)C(=O)[C@H](C)[C@H]2[C@H](SCCN(C(=O)c3ccncc3)c3ccc(OC)c(OC4CCCC4)c3)C(=O)O[C@@]21C. The number of benzene rings is 1. The van der Waals surface area contributed by atoms with E-state index in [1.165, 1.54) is 18.9 Å². The van der Waals surface area contributed by atoms with Gasteiger partial charge < -0.3 is 62.3 Å². The van der Waals surface area contributed by atoms with E-state index < -0.39 is 107 Å². The number of pyridine rings is 1. The molecule has 5 aliphatic rings. The number of aromatic nitrogens is 1. The molecule has 3 unspecified atom stereocenters. The van der Waals surface area contributed by atoms with Crippen molar-refractivity contribution in [2.45, 2.75) is 210 Å². The molecule has 7 rings (SSSR count). The van der Waals surface area contributed by atoms with E-state index in [9.17, 15) is 14.7 Å². The monoisotopic (exact) mass is 1130 g/mol. The average Bonchev–Trinajstić information content (AvgIpc) is 4.17. The van der Waals surface area contributed by atoms with Crippen LogP contribution in [0.2, 0.25) is 0 Å². The van der Waals surface area contributed by atoms with E-state index in [0.717, 1.165) is 32.1 Å². The van der Waals surface area contributed by atoms with Gasteiger partial charge in [-0.2, -0.15) is 0 Å². The van der Waals surface area contributed by atoms with E-state index in [0.29, 0.717) is 29.2 Å². The first-order valence-corrected chi connectivity index (χ1v) is 29.7. The minimum Gasteiger partial charge on any atom is -0.493 e. The molecule has 4 saturated heterocycles. The Morgan fingerprint density at radius 2 is 1.52 bits per heavy atom. The van der Waals surface area contributed by atoms with Gasteiger partial charge in [-0.1, -0.05) is 27.7 Å². The van der Waals surface area contributed by atoms with Gasteiger partial charge in [-0.3, -0.25) is 24.2 Å². The lowest BCUT2D eigenvalue weighted by molar-refractivity contribution is -0.309. The number of rotatable bonds is 17. The molecule has 1 N–H and O–H groups in total. The third-order valence-electron chi connectivity index (χ3n) is 18.0. The number of Topliss-reactive ketones (excluding diaryl/α,β-unsaturated/α-hetero) is 1. The van der Waals surface area contributed by atoms with Crippen LogP contribution in [0.25, 0.3) is 0 Å². The Morgan fingerprint density at radius 3 is 2.15 bits per heavy atom. The number of ether oxygens (including phenoxy) is 10. The first kappa shape index (κ1) is 62.7.